The van der Waals surface area contributed by atoms with E-state index in [1.807, 2.05) is 25.1 Å². The molecular weight excluding hydrogens is 541 g/mol. The van der Waals surface area contributed by atoms with Crippen LogP contribution in [-0.4, -0.2) is 5.11 Å². The molecule has 0 saturated heterocycles. The summed E-state index contributed by atoms with van der Waals surface area (Å²) in [6.07, 6.45) is 7.22. The van der Waals surface area contributed by atoms with Crippen LogP contribution in [0.1, 0.15) is 62.8 Å². The van der Waals surface area contributed by atoms with Gasteiger partial charge in [-0.25, -0.2) is 0 Å². The van der Waals surface area contributed by atoms with Crippen LogP contribution in [0.3, 0.4) is 0 Å². The van der Waals surface area contributed by atoms with E-state index in [0.29, 0.717) is 51.1 Å². The van der Waals surface area contributed by atoms with Crippen molar-refractivity contribution in [2.45, 2.75) is 67.2 Å². The summed E-state index contributed by atoms with van der Waals surface area (Å²) in [5.74, 6) is 0.236. The summed E-state index contributed by atoms with van der Waals surface area (Å²) in [6, 6.07) is 14.3. The van der Waals surface area contributed by atoms with Crippen LogP contribution in [0.15, 0.2) is 71.8 Å². The van der Waals surface area contributed by atoms with Crippen molar-refractivity contribution in [3.05, 3.63) is 94.1 Å². The molecule has 0 saturated carbocycles. The molecule has 0 fully saturated rings. The minimum absolute atomic E-state index is 0. The summed E-state index contributed by atoms with van der Waals surface area (Å²) >= 11 is 0. The molecule has 0 radical (unpaired) electrons. The van der Waals surface area contributed by atoms with Gasteiger partial charge in [0.25, 0.3) is 0 Å². The maximum absolute atomic E-state index is 12.4. The maximum Gasteiger partial charge on any atom is 1.00 e. The van der Waals surface area contributed by atoms with Gasteiger partial charge in [-0.1, -0.05) is 114 Å². The number of benzene rings is 4. The predicted molar refractivity (Wildman–Crippen MR) is 153 cm³/mol. The van der Waals surface area contributed by atoms with E-state index < -0.39 is 0 Å². The van der Waals surface area contributed by atoms with Crippen molar-refractivity contribution in [3.63, 3.8) is 0 Å². The molecule has 0 aliphatic carbocycles. The molecule has 4 aromatic rings. The van der Waals surface area contributed by atoms with Gasteiger partial charge in [-0.2, -0.15) is 0 Å². The van der Waals surface area contributed by atoms with Crippen LogP contribution in [0, 0.1) is 13.8 Å². The molecule has 200 valence electrons. The van der Waals surface area contributed by atoms with Gasteiger partial charge in [0.15, 0.2) is 0 Å². The van der Waals surface area contributed by atoms with E-state index in [1.165, 1.54) is 11.1 Å². The largest absolute Gasteiger partial charge is 1.00 e. The van der Waals surface area contributed by atoms with Crippen LogP contribution in [0.5, 0.6) is 23.0 Å². The molecule has 4 rings (SSSR count). The van der Waals surface area contributed by atoms with Gasteiger partial charge in [0, 0.05) is 10.9 Å². The second-order valence-corrected chi connectivity index (χ2v) is 9.85. The summed E-state index contributed by atoms with van der Waals surface area (Å²) in [5.41, 5.74) is 5.12. The number of rotatable bonds is 6. The molecule has 0 unspecified atom stereocenters. The van der Waals surface area contributed by atoms with E-state index in [0.717, 1.165) is 18.4 Å². The Balaban J connectivity index is 0.000000727. The molecule has 4 aromatic carbocycles. The quantitative estimate of drug-likeness (QED) is 0.213. The predicted octanol–water partition coefficient (Wildman–Crippen LogP) is -1.97. The average Bonchev–Trinajstić information content (AvgIpc) is 2.94. The Morgan fingerprint density at radius 2 is 0.951 bits per heavy atom. The van der Waals surface area contributed by atoms with Gasteiger partial charge in [-0.15, -0.1) is 0 Å². The average molecular weight is 579 g/mol. The third kappa shape index (κ3) is 9.53. The molecule has 4 nitrogen and oxygen atoms in total. The Kier molecular flexibility index (Phi) is 18.3. The molecule has 0 bridgehead atoms. The zero-order valence-corrected chi connectivity index (χ0v) is 32.3. The monoisotopic (exact) mass is 578 g/mol. The third-order valence-corrected chi connectivity index (χ3v) is 7.41. The van der Waals surface area contributed by atoms with Crippen molar-refractivity contribution in [3.8, 4) is 23.0 Å². The van der Waals surface area contributed by atoms with Gasteiger partial charge in [-0.3, -0.25) is 0 Å². The summed E-state index contributed by atoms with van der Waals surface area (Å²) in [5, 5.41) is 49.7. The molecule has 0 aromatic heterocycles. The van der Waals surface area contributed by atoms with Crippen molar-refractivity contribution < 1.29 is 109 Å². The fraction of sp³-hybridized carbons (Fsp3) is 0.294. The van der Waals surface area contributed by atoms with Crippen LogP contribution in [0.4, 0.5) is 0 Å². The fourth-order valence-electron chi connectivity index (χ4n) is 4.45. The van der Waals surface area contributed by atoms with Gasteiger partial charge in [0.05, 0.1) is 0 Å². The Hall–Kier alpha value is -0.920. The summed E-state index contributed by atoms with van der Waals surface area (Å²) < 4.78 is 0. The Morgan fingerprint density at radius 3 is 1.39 bits per heavy atom. The Labute approximate surface area is 311 Å². The molecule has 0 aliphatic heterocycles. The number of aromatic hydroxyl groups is 1. The van der Waals surface area contributed by atoms with Crippen molar-refractivity contribution >= 4 is 21.5 Å². The Bertz CT molecular complexity index is 1410. The zero-order chi connectivity index (χ0) is 28.0. The Morgan fingerprint density at radius 1 is 0.610 bits per heavy atom. The third-order valence-electron chi connectivity index (χ3n) is 7.41. The number of hydrogen-bond donors (Lipinski definition) is 1. The number of allylic oxidation sites excluding steroid dienone is 4. The minimum Gasteiger partial charge on any atom is -0.872 e. The van der Waals surface area contributed by atoms with E-state index in [2.05, 4.69) is 26.8 Å². The zero-order valence-electron chi connectivity index (χ0n) is 26.3. The number of fused-ring (bicyclic) bond motifs is 2. The number of phenols is 1. The standard InChI is InChI=1S/2C17H20O2.3Na/c2*1-4-11(2)9-10-13-12(3)16(18)14-7-5-6-8-15(14)17(13)19;;;/h2*5-9,18-19H,4,10H2,1-3H3;;;/q;;3*+1/p-3/b2*11-9+;;;. The van der Waals surface area contributed by atoms with Crippen molar-refractivity contribution in [2.75, 3.05) is 0 Å². The maximum atomic E-state index is 12.4. The smallest absolute Gasteiger partial charge is 0.872 e. The van der Waals surface area contributed by atoms with Gasteiger partial charge in [0.2, 0.25) is 0 Å². The van der Waals surface area contributed by atoms with Crippen molar-refractivity contribution in [1.29, 1.82) is 0 Å². The SMILES string of the molecule is CC/C(C)=C/Cc1c(C)c([O-])c2ccccc2c1O.CC/C(C)=C/Cc1c(C)c([O-])c2ccccc2c1[O-].[Na+].[Na+].[Na+]. The molecule has 0 heterocycles. The fourth-order valence-corrected chi connectivity index (χ4v) is 4.45. The van der Waals surface area contributed by atoms with E-state index in [-0.39, 0.29) is 112 Å². The van der Waals surface area contributed by atoms with Crippen LogP contribution in [-0.2, 0) is 12.8 Å². The van der Waals surface area contributed by atoms with Crippen LogP contribution >= 0.6 is 0 Å². The summed E-state index contributed by atoms with van der Waals surface area (Å²) in [6.45, 7) is 11.8. The van der Waals surface area contributed by atoms with Gasteiger partial charge >= 0.3 is 88.7 Å². The van der Waals surface area contributed by atoms with Gasteiger partial charge < -0.3 is 20.4 Å². The van der Waals surface area contributed by atoms with Gasteiger partial charge in [-0.05, 0) is 75.1 Å². The second kappa shape index (κ2) is 18.7. The number of hydrogen-bond acceptors (Lipinski definition) is 4. The van der Waals surface area contributed by atoms with Crippen LogP contribution in [0.2, 0.25) is 0 Å². The normalized spacial score (nSPS) is 11.2. The molecule has 0 amide bonds. The van der Waals surface area contributed by atoms with E-state index in [4.69, 9.17) is 0 Å². The number of phenolic OH excluding ortho intramolecular Hbond substituents is 1. The van der Waals surface area contributed by atoms with Crippen molar-refractivity contribution in [1.82, 2.24) is 0 Å². The van der Waals surface area contributed by atoms with Crippen LogP contribution < -0.4 is 104 Å². The summed E-state index contributed by atoms with van der Waals surface area (Å²) in [7, 11) is 0. The van der Waals surface area contributed by atoms with Gasteiger partial charge in [0.1, 0.15) is 5.75 Å². The molecule has 0 atom stereocenters. The van der Waals surface area contributed by atoms with E-state index in [1.54, 1.807) is 50.2 Å². The first-order valence-corrected chi connectivity index (χ1v) is 13.2. The molecule has 0 aliphatic rings. The molecule has 0 spiro atoms. The first kappa shape index (κ1) is 40.1. The molecule has 1 N–H and O–H groups in total. The van der Waals surface area contributed by atoms with E-state index in [9.17, 15) is 20.4 Å². The van der Waals surface area contributed by atoms with E-state index >= 15 is 0 Å². The first-order valence-electron chi connectivity index (χ1n) is 13.2. The molecule has 7 heteroatoms. The minimum atomic E-state index is -0.0206. The second-order valence-electron chi connectivity index (χ2n) is 9.85. The molecule has 41 heavy (non-hydrogen) atoms. The summed E-state index contributed by atoms with van der Waals surface area (Å²) in [4.78, 5) is 0. The molecular formula is C34H37Na3O4. The topological polar surface area (TPSA) is 89.4 Å². The van der Waals surface area contributed by atoms with Crippen molar-refractivity contribution in [2.24, 2.45) is 0 Å². The van der Waals surface area contributed by atoms with Crippen LogP contribution in [0.25, 0.3) is 21.5 Å². The first-order chi connectivity index (χ1) is 18.1.